The van der Waals surface area contributed by atoms with E-state index in [4.69, 9.17) is 9.84 Å². The summed E-state index contributed by atoms with van der Waals surface area (Å²) >= 11 is 0. The summed E-state index contributed by atoms with van der Waals surface area (Å²) in [5.74, 6) is -2.13. The first-order valence-electron chi connectivity index (χ1n) is 10.1. The van der Waals surface area contributed by atoms with E-state index in [1.165, 1.54) is 12.1 Å². The van der Waals surface area contributed by atoms with Crippen LogP contribution in [0.5, 0.6) is 0 Å². The predicted molar refractivity (Wildman–Crippen MR) is 121 cm³/mol. The number of aliphatic hydroxyl groups excluding tert-OH is 1. The first kappa shape index (κ1) is 25.3. The zero-order chi connectivity index (χ0) is 24.5. The lowest BCUT2D eigenvalue weighted by Gasteiger charge is -2.13. The second-order valence-electron chi connectivity index (χ2n) is 7.31. The van der Waals surface area contributed by atoms with Crippen LogP contribution < -0.4 is 16.0 Å². The summed E-state index contributed by atoms with van der Waals surface area (Å²) in [5.41, 5.74) is 3.24. The van der Waals surface area contributed by atoms with Crippen LogP contribution in [0, 0.1) is 30.9 Å². The molecule has 4 N–H and O–H groups in total. The number of nitro benzene ring substituents is 1. The standard InChI is InChI=1S/C22H26N4O7/c1-13-8-14(2)21(15(3)9-13)25-19(28)11-24-20(29)12-33-22(30)17-10-16(26(31)32)4-5-18(17)23-6-7-27/h4-5,8-10,23,27H,6-7,11-12H2,1-3H3,(H,24,29)(H,25,28). The maximum atomic E-state index is 12.4. The molecule has 11 heteroatoms. The molecule has 33 heavy (non-hydrogen) atoms. The third-order valence-electron chi connectivity index (χ3n) is 4.58. The van der Waals surface area contributed by atoms with Gasteiger partial charge in [-0.1, -0.05) is 17.7 Å². The third kappa shape index (κ3) is 7.28. The Hall–Kier alpha value is -3.99. The van der Waals surface area contributed by atoms with E-state index in [0.29, 0.717) is 5.69 Å². The molecule has 2 aromatic rings. The van der Waals surface area contributed by atoms with Crippen molar-refractivity contribution in [2.24, 2.45) is 0 Å². The lowest BCUT2D eigenvalue weighted by molar-refractivity contribution is -0.384. The Labute approximate surface area is 190 Å². The molecule has 0 bridgehead atoms. The monoisotopic (exact) mass is 458 g/mol. The molecule has 0 saturated heterocycles. The molecule has 0 atom stereocenters. The molecule has 0 heterocycles. The van der Waals surface area contributed by atoms with Gasteiger partial charge in [-0.25, -0.2) is 4.79 Å². The number of amides is 2. The van der Waals surface area contributed by atoms with E-state index >= 15 is 0 Å². The van der Waals surface area contributed by atoms with Gasteiger partial charge in [-0.15, -0.1) is 0 Å². The van der Waals surface area contributed by atoms with Crippen molar-refractivity contribution in [3.8, 4) is 0 Å². The summed E-state index contributed by atoms with van der Waals surface area (Å²) in [5, 5.41) is 27.8. The molecule has 2 rings (SSSR count). The maximum Gasteiger partial charge on any atom is 0.341 e. The smallest absolute Gasteiger partial charge is 0.341 e. The molecule has 0 aliphatic heterocycles. The fourth-order valence-corrected chi connectivity index (χ4v) is 3.16. The van der Waals surface area contributed by atoms with E-state index < -0.39 is 29.3 Å². The van der Waals surface area contributed by atoms with Crippen molar-refractivity contribution in [1.29, 1.82) is 0 Å². The maximum absolute atomic E-state index is 12.4. The van der Waals surface area contributed by atoms with Gasteiger partial charge in [-0.2, -0.15) is 0 Å². The van der Waals surface area contributed by atoms with Crippen LogP contribution in [0.25, 0.3) is 0 Å². The first-order chi connectivity index (χ1) is 15.6. The van der Waals surface area contributed by atoms with Crippen LogP contribution in [-0.4, -0.2) is 54.1 Å². The van der Waals surface area contributed by atoms with E-state index in [1.807, 2.05) is 32.9 Å². The quantitative estimate of drug-likeness (QED) is 0.238. The number of aliphatic hydroxyl groups is 1. The van der Waals surface area contributed by atoms with Crippen LogP contribution in [0.4, 0.5) is 17.1 Å². The minimum absolute atomic E-state index is 0.105. The van der Waals surface area contributed by atoms with E-state index in [1.54, 1.807) is 0 Å². The molecule has 0 aliphatic carbocycles. The van der Waals surface area contributed by atoms with Crippen LogP contribution in [0.3, 0.4) is 0 Å². The number of non-ortho nitro benzene ring substituents is 1. The van der Waals surface area contributed by atoms with E-state index in [-0.39, 0.29) is 36.6 Å². The van der Waals surface area contributed by atoms with Crippen LogP contribution in [0.2, 0.25) is 0 Å². The Bertz CT molecular complexity index is 1050. The van der Waals surface area contributed by atoms with Gasteiger partial charge in [0.15, 0.2) is 6.61 Å². The number of nitrogens with zero attached hydrogens (tertiary/aromatic N) is 1. The Morgan fingerprint density at radius 2 is 1.73 bits per heavy atom. The highest BCUT2D eigenvalue weighted by Crippen LogP contribution is 2.23. The van der Waals surface area contributed by atoms with Gasteiger partial charge in [0.25, 0.3) is 11.6 Å². The average molecular weight is 458 g/mol. The van der Waals surface area contributed by atoms with Gasteiger partial charge in [-0.3, -0.25) is 19.7 Å². The highest BCUT2D eigenvalue weighted by atomic mass is 16.6. The molecule has 0 radical (unpaired) electrons. The molecule has 176 valence electrons. The largest absolute Gasteiger partial charge is 0.452 e. The van der Waals surface area contributed by atoms with Gasteiger partial charge < -0.3 is 25.8 Å². The van der Waals surface area contributed by atoms with Gasteiger partial charge in [0.1, 0.15) is 0 Å². The predicted octanol–water partition coefficient (Wildman–Crippen LogP) is 1.84. The van der Waals surface area contributed by atoms with Gasteiger partial charge in [-0.05, 0) is 38.0 Å². The summed E-state index contributed by atoms with van der Waals surface area (Å²) in [6.45, 7) is 4.55. The third-order valence-corrected chi connectivity index (χ3v) is 4.58. The van der Waals surface area contributed by atoms with E-state index in [0.717, 1.165) is 22.8 Å². The Balaban J connectivity index is 1.93. The summed E-state index contributed by atoms with van der Waals surface area (Å²) in [6, 6.07) is 7.37. The molecule has 0 unspecified atom stereocenters. The minimum atomic E-state index is -0.968. The van der Waals surface area contributed by atoms with Crippen LogP contribution in [0.1, 0.15) is 27.0 Å². The zero-order valence-electron chi connectivity index (χ0n) is 18.6. The number of aryl methyl sites for hydroxylation is 3. The molecule has 0 aliphatic rings. The van der Waals surface area contributed by atoms with Crippen molar-refractivity contribution in [3.63, 3.8) is 0 Å². The Morgan fingerprint density at radius 1 is 1.06 bits per heavy atom. The molecule has 0 spiro atoms. The van der Waals surface area contributed by atoms with Crippen molar-refractivity contribution in [1.82, 2.24) is 5.32 Å². The number of benzene rings is 2. The second-order valence-corrected chi connectivity index (χ2v) is 7.31. The summed E-state index contributed by atoms with van der Waals surface area (Å²) < 4.78 is 4.94. The summed E-state index contributed by atoms with van der Waals surface area (Å²) in [7, 11) is 0. The molecule has 0 aromatic heterocycles. The zero-order valence-corrected chi connectivity index (χ0v) is 18.6. The summed E-state index contributed by atoms with van der Waals surface area (Å²) in [6.07, 6.45) is 0. The number of nitrogens with one attached hydrogen (secondary N) is 3. The molecule has 0 saturated carbocycles. The van der Waals surface area contributed by atoms with E-state index in [2.05, 4.69) is 16.0 Å². The first-order valence-corrected chi connectivity index (χ1v) is 10.1. The topological polar surface area (TPSA) is 160 Å². The summed E-state index contributed by atoms with van der Waals surface area (Å²) in [4.78, 5) is 46.9. The van der Waals surface area contributed by atoms with E-state index in [9.17, 15) is 24.5 Å². The number of esters is 1. The number of hydrogen-bond donors (Lipinski definition) is 4. The molecule has 0 fully saturated rings. The lowest BCUT2D eigenvalue weighted by atomic mass is 10.1. The molecule has 2 aromatic carbocycles. The Kier molecular flexibility index (Phi) is 8.87. The van der Waals surface area contributed by atoms with Gasteiger partial charge >= 0.3 is 5.97 Å². The normalized spacial score (nSPS) is 10.3. The number of anilines is 2. The van der Waals surface area contributed by atoms with Gasteiger partial charge in [0, 0.05) is 30.1 Å². The molecule has 2 amide bonds. The number of rotatable bonds is 10. The highest BCUT2D eigenvalue weighted by molar-refractivity contribution is 5.98. The number of nitro groups is 1. The lowest BCUT2D eigenvalue weighted by Crippen LogP contribution is -2.35. The number of ether oxygens (including phenoxy) is 1. The van der Waals surface area contributed by atoms with Crippen LogP contribution >= 0.6 is 0 Å². The fraction of sp³-hybridized carbons (Fsp3) is 0.318. The fourth-order valence-electron chi connectivity index (χ4n) is 3.16. The van der Waals surface area contributed by atoms with Crippen LogP contribution in [-0.2, 0) is 14.3 Å². The SMILES string of the molecule is Cc1cc(C)c(NC(=O)CNC(=O)COC(=O)c2cc([N+](=O)[O-])ccc2NCCO)c(C)c1. The minimum Gasteiger partial charge on any atom is -0.452 e. The average Bonchev–Trinajstić information content (AvgIpc) is 2.76. The van der Waals surface area contributed by atoms with Crippen molar-refractivity contribution in [2.75, 3.05) is 36.9 Å². The number of carbonyl (C=O) groups is 3. The second kappa shape index (κ2) is 11.6. The highest BCUT2D eigenvalue weighted by Gasteiger charge is 2.19. The van der Waals surface area contributed by atoms with Crippen molar-refractivity contribution < 1.29 is 29.2 Å². The molecule has 11 nitrogen and oxygen atoms in total. The van der Waals surface area contributed by atoms with Gasteiger partial charge in [0.05, 0.1) is 23.6 Å². The number of hydrogen-bond acceptors (Lipinski definition) is 8. The Morgan fingerprint density at radius 3 is 2.33 bits per heavy atom. The van der Waals surface area contributed by atoms with Crippen molar-refractivity contribution >= 4 is 34.8 Å². The number of carbonyl (C=O) groups excluding carboxylic acids is 3. The van der Waals surface area contributed by atoms with Crippen molar-refractivity contribution in [2.45, 2.75) is 20.8 Å². The van der Waals surface area contributed by atoms with Gasteiger partial charge in [0.2, 0.25) is 5.91 Å². The molecular formula is C22H26N4O7. The van der Waals surface area contributed by atoms with Crippen LogP contribution in [0.15, 0.2) is 30.3 Å². The molecular weight excluding hydrogens is 432 g/mol. The van der Waals surface area contributed by atoms with Crippen molar-refractivity contribution in [3.05, 3.63) is 62.7 Å².